The molecule has 0 bridgehead atoms. The van der Waals surface area contributed by atoms with E-state index in [1.807, 2.05) is 0 Å². The molecule has 0 aliphatic heterocycles. The summed E-state index contributed by atoms with van der Waals surface area (Å²) in [6.07, 6.45) is 89.9. The van der Waals surface area contributed by atoms with E-state index in [-0.39, 0.29) is 38.6 Å². The molecule has 0 aliphatic carbocycles. The molecule has 85 heavy (non-hydrogen) atoms. The number of unbranched alkanes of at least 4 members (excludes halogenated alkanes) is 53. The van der Waals surface area contributed by atoms with Gasteiger partial charge in [-0.25, -0.2) is 4.57 Å². The average Bonchev–Trinajstić information content (AvgIpc) is 3.52. The van der Waals surface area contributed by atoms with Gasteiger partial charge in [0.15, 0.2) is 6.10 Å². The first-order chi connectivity index (χ1) is 41.8. The summed E-state index contributed by atoms with van der Waals surface area (Å²) in [6.45, 7) is 3.82. The van der Waals surface area contributed by atoms with Crippen molar-refractivity contribution in [3.63, 3.8) is 0 Å². The summed E-state index contributed by atoms with van der Waals surface area (Å²) in [5.74, 6) is -0.801. The van der Waals surface area contributed by atoms with Crippen LogP contribution in [0.4, 0.5) is 0 Å². The van der Waals surface area contributed by atoms with Gasteiger partial charge in [-0.05, 0) is 51.4 Å². The molecule has 0 aromatic carbocycles. The van der Waals surface area contributed by atoms with Gasteiger partial charge < -0.3 is 20.1 Å². The monoisotopic (exact) mass is 1220 g/mol. The largest absolute Gasteiger partial charge is 0.472 e. The quantitative estimate of drug-likeness (QED) is 0.0264. The molecule has 0 fully saturated rings. The first-order valence-corrected chi connectivity index (χ1v) is 39.0. The van der Waals surface area contributed by atoms with Crippen LogP contribution < -0.4 is 5.73 Å². The summed E-state index contributed by atoms with van der Waals surface area (Å²) >= 11 is 0. The predicted octanol–water partition coefficient (Wildman–Crippen LogP) is 24.6. The summed E-state index contributed by atoms with van der Waals surface area (Å²) < 4.78 is 33.2. The minimum atomic E-state index is -4.39. The van der Waals surface area contributed by atoms with Crippen LogP contribution in [-0.2, 0) is 32.7 Å². The molecule has 0 saturated heterocycles. The van der Waals surface area contributed by atoms with Crippen LogP contribution in [0.1, 0.15) is 399 Å². The molecule has 2 unspecified atom stereocenters. The maximum absolute atomic E-state index is 12.8. The number of hydrogen-bond donors (Lipinski definition) is 2. The highest BCUT2D eigenvalue weighted by atomic mass is 31.2. The van der Waals surface area contributed by atoms with E-state index in [1.165, 1.54) is 321 Å². The average molecular weight is 1220 g/mol. The molecule has 0 heterocycles. The van der Waals surface area contributed by atoms with Crippen LogP contribution in [0.5, 0.6) is 0 Å². The van der Waals surface area contributed by atoms with E-state index in [0.29, 0.717) is 6.42 Å². The van der Waals surface area contributed by atoms with Gasteiger partial charge in [0.2, 0.25) is 0 Å². The number of phosphoric ester groups is 1. The Morgan fingerprint density at radius 2 is 0.612 bits per heavy atom. The third kappa shape index (κ3) is 71.2. The maximum atomic E-state index is 12.8. The third-order valence-corrected chi connectivity index (χ3v) is 18.0. The Balaban J connectivity index is 3.74. The molecule has 0 aromatic rings. The van der Waals surface area contributed by atoms with Crippen molar-refractivity contribution in [2.45, 2.75) is 405 Å². The molecular formula is C75H144NO8P. The van der Waals surface area contributed by atoms with E-state index in [9.17, 15) is 19.0 Å². The van der Waals surface area contributed by atoms with E-state index in [4.69, 9.17) is 24.3 Å². The number of carbonyl (C=O) groups excluding carboxylic acids is 2. The Hall–Kier alpha value is -1.77. The Morgan fingerprint density at radius 3 is 0.906 bits per heavy atom. The minimum Gasteiger partial charge on any atom is -0.462 e. The van der Waals surface area contributed by atoms with Gasteiger partial charge in [0.25, 0.3) is 0 Å². The second-order valence-corrected chi connectivity index (χ2v) is 27.0. The second kappa shape index (κ2) is 71.3. The van der Waals surface area contributed by atoms with Crippen LogP contribution in [0.15, 0.2) is 36.5 Å². The summed E-state index contributed by atoms with van der Waals surface area (Å²) in [6, 6.07) is 0. The summed E-state index contributed by atoms with van der Waals surface area (Å²) in [4.78, 5) is 35.4. The molecule has 0 amide bonds. The number of ether oxygens (including phenoxy) is 2. The Bertz CT molecular complexity index is 1490. The molecule has 0 saturated carbocycles. The standard InChI is InChI=1S/C75H144NO8P/c1-3-5-7-9-11-13-15-17-19-21-23-25-27-28-29-30-31-32-33-34-35-36-37-38-39-40-41-42-43-44-46-48-50-52-54-56-58-60-62-64-66-68-75(78)84-73(72-83-85(79,80)82-70-69-76)71-81-74(77)67-65-63-61-59-57-55-53-51-49-47-45-26-24-22-20-18-16-14-12-10-8-6-4-2/h15,17,21,23,27-28,73H,3-14,16,18-20,22,24-26,29-72,76H2,1-2H3,(H,79,80)/b17-15-,23-21-,28-27-. The molecule has 10 heteroatoms. The van der Waals surface area contributed by atoms with Crippen LogP contribution in [0, 0.1) is 0 Å². The number of carbonyl (C=O) groups is 2. The van der Waals surface area contributed by atoms with Crippen molar-refractivity contribution in [2.24, 2.45) is 5.73 Å². The zero-order chi connectivity index (χ0) is 61.6. The van der Waals surface area contributed by atoms with Crippen molar-refractivity contribution in [1.29, 1.82) is 0 Å². The lowest BCUT2D eigenvalue weighted by atomic mass is 10.0. The third-order valence-electron chi connectivity index (χ3n) is 17.0. The van der Waals surface area contributed by atoms with E-state index < -0.39 is 26.5 Å². The molecule has 0 rings (SSSR count). The molecule has 0 aromatic heterocycles. The second-order valence-electron chi connectivity index (χ2n) is 25.5. The van der Waals surface area contributed by atoms with Crippen LogP contribution in [0.25, 0.3) is 0 Å². The van der Waals surface area contributed by atoms with Gasteiger partial charge in [-0.3, -0.25) is 18.6 Å². The fourth-order valence-electron chi connectivity index (χ4n) is 11.5. The molecule has 9 nitrogen and oxygen atoms in total. The van der Waals surface area contributed by atoms with Crippen molar-refractivity contribution >= 4 is 19.8 Å². The molecule has 0 aliphatic rings. The molecule has 502 valence electrons. The summed E-state index contributed by atoms with van der Waals surface area (Å²) in [5.41, 5.74) is 5.41. The highest BCUT2D eigenvalue weighted by Gasteiger charge is 2.26. The zero-order valence-electron chi connectivity index (χ0n) is 56.6. The van der Waals surface area contributed by atoms with Gasteiger partial charge in [-0.2, -0.15) is 0 Å². The molecule has 3 N–H and O–H groups in total. The predicted molar refractivity (Wildman–Crippen MR) is 367 cm³/mol. The molecular weight excluding hydrogens is 1070 g/mol. The minimum absolute atomic E-state index is 0.0571. The van der Waals surface area contributed by atoms with Crippen LogP contribution in [0.2, 0.25) is 0 Å². The van der Waals surface area contributed by atoms with Crippen molar-refractivity contribution in [3.05, 3.63) is 36.5 Å². The Labute approximate surface area is 528 Å². The van der Waals surface area contributed by atoms with Gasteiger partial charge in [0.05, 0.1) is 13.2 Å². The normalized spacial score (nSPS) is 13.0. The van der Waals surface area contributed by atoms with Gasteiger partial charge in [-0.15, -0.1) is 0 Å². The van der Waals surface area contributed by atoms with Crippen LogP contribution >= 0.6 is 7.82 Å². The van der Waals surface area contributed by atoms with Crippen molar-refractivity contribution in [3.8, 4) is 0 Å². The van der Waals surface area contributed by atoms with Gasteiger partial charge >= 0.3 is 19.8 Å². The highest BCUT2D eigenvalue weighted by molar-refractivity contribution is 7.47. The number of hydrogen-bond acceptors (Lipinski definition) is 8. The topological polar surface area (TPSA) is 134 Å². The fourth-order valence-corrected chi connectivity index (χ4v) is 12.2. The lowest BCUT2D eigenvalue weighted by molar-refractivity contribution is -0.161. The van der Waals surface area contributed by atoms with E-state index in [2.05, 4.69) is 50.3 Å². The summed E-state index contributed by atoms with van der Waals surface area (Å²) in [7, 11) is -4.39. The highest BCUT2D eigenvalue weighted by Crippen LogP contribution is 2.43. The maximum Gasteiger partial charge on any atom is 0.472 e. The zero-order valence-corrected chi connectivity index (χ0v) is 57.5. The summed E-state index contributed by atoms with van der Waals surface area (Å²) in [5, 5.41) is 0. The van der Waals surface area contributed by atoms with E-state index in [0.717, 1.165) is 44.9 Å². The first-order valence-electron chi connectivity index (χ1n) is 37.5. The smallest absolute Gasteiger partial charge is 0.462 e. The number of allylic oxidation sites excluding steroid dienone is 6. The van der Waals surface area contributed by atoms with Gasteiger partial charge in [0, 0.05) is 19.4 Å². The lowest BCUT2D eigenvalue weighted by Crippen LogP contribution is -2.29. The lowest BCUT2D eigenvalue weighted by Gasteiger charge is -2.19. The first kappa shape index (κ1) is 83.2. The molecule has 2 atom stereocenters. The number of phosphoric acid groups is 1. The number of nitrogens with two attached hydrogens (primary N) is 1. The van der Waals surface area contributed by atoms with Crippen LogP contribution in [-0.4, -0.2) is 49.3 Å². The van der Waals surface area contributed by atoms with Crippen molar-refractivity contribution in [1.82, 2.24) is 0 Å². The van der Waals surface area contributed by atoms with Crippen LogP contribution in [0.3, 0.4) is 0 Å². The van der Waals surface area contributed by atoms with E-state index in [1.54, 1.807) is 0 Å². The van der Waals surface area contributed by atoms with Crippen molar-refractivity contribution in [2.75, 3.05) is 26.4 Å². The van der Waals surface area contributed by atoms with Gasteiger partial charge in [0.1, 0.15) is 6.61 Å². The van der Waals surface area contributed by atoms with E-state index >= 15 is 0 Å². The SMILES string of the molecule is CCCCCCC/C=C\C/C=C\C/C=C\CCCCCCCCCCCCCCCCCCCCCCCCCCCCC(=O)OC(COC(=O)CCCCCCCCCCCCCCCCCCCCCCCCC)COP(=O)(O)OCCN. The number of esters is 2. The molecule has 0 spiro atoms. The Morgan fingerprint density at radius 1 is 0.353 bits per heavy atom. The van der Waals surface area contributed by atoms with Gasteiger partial charge in [-0.1, -0.05) is 371 Å². The molecule has 0 radical (unpaired) electrons. The Kier molecular flexibility index (Phi) is 69.8. The fraction of sp³-hybridized carbons (Fsp3) is 0.893. The number of rotatable bonds is 72. The van der Waals surface area contributed by atoms with Crippen molar-refractivity contribution < 1.29 is 37.6 Å².